The number of carbonyl (C=O) groups is 4. The van der Waals surface area contributed by atoms with E-state index in [4.69, 9.17) is 0 Å². The highest BCUT2D eigenvalue weighted by molar-refractivity contribution is 6.08. The van der Waals surface area contributed by atoms with Crippen molar-refractivity contribution in [1.29, 1.82) is 0 Å². The van der Waals surface area contributed by atoms with Gasteiger partial charge in [-0.25, -0.2) is 0 Å². The van der Waals surface area contributed by atoms with Crippen LogP contribution < -0.4 is 0 Å². The third-order valence-corrected chi connectivity index (χ3v) is 6.71. The molecule has 0 aliphatic heterocycles. The molecule has 1 aliphatic rings. The van der Waals surface area contributed by atoms with E-state index in [-0.39, 0.29) is 24.2 Å². The van der Waals surface area contributed by atoms with Gasteiger partial charge in [0.2, 0.25) is 0 Å². The minimum Gasteiger partial charge on any atom is -0.481 e. The zero-order chi connectivity index (χ0) is 25.7. The van der Waals surface area contributed by atoms with Gasteiger partial charge in [-0.2, -0.15) is 0 Å². The van der Waals surface area contributed by atoms with Crippen molar-refractivity contribution in [2.75, 3.05) is 0 Å². The Bertz CT molecular complexity index is 1290. The summed E-state index contributed by atoms with van der Waals surface area (Å²) in [5.74, 6) is -3.94. The number of ketones is 3. The van der Waals surface area contributed by atoms with Crippen LogP contribution in [-0.2, 0) is 20.8 Å². The highest BCUT2D eigenvalue weighted by atomic mass is 16.4. The highest BCUT2D eigenvalue weighted by Crippen LogP contribution is 2.47. The van der Waals surface area contributed by atoms with Gasteiger partial charge in [0.1, 0.15) is 5.78 Å². The molecule has 6 heteroatoms. The van der Waals surface area contributed by atoms with Crippen LogP contribution in [0.2, 0.25) is 0 Å². The first-order valence-electron chi connectivity index (χ1n) is 11.7. The first-order valence-corrected chi connectivity index (χ1v) is 11.7. The number of carboxylic acids is 1. The smallest absolute Gasteiger partial charge is 0.304 e. The number of hydrogen-bond donors (Lipinski definition) is 2. The lowest BCUT2D eigenvalue weighted by atomic mass is 9.68. The molecule has 0 bridgehead atoms. The van der Waals surface area contributed by atoms with Gasteiger partial charge in [-0.1, -0.05) is 91.0 Å². The zero-order valence-electron chi connectivity index (χ0n) is 19.5. The molecular weight excluding hydrogens is 456 g/mol. The Kier molecular flexibility index (Phi) is 7.36. The van der Waals surface area contributed by atoms with E-state index in [1.807, 2.05) is 48.5 Å². The summed E-state index contributed by atoms with van der Waals surface area (Å²) in [6.07, 6.45) is 0.0336. The van der Waals surface area contributed by atoms with Gasteiger partial charge in [0.05, 0.1) is 23.9 Å². The van der Waals surface area contributed by atoms with E-state index in [1.54, 1.807) is 36.4 Å². The summed E-state index contributed by atoms with van der Waals surface area (Å²) in [6.45, 7) is 0. The molecule has 4 rings (SSSR count). The van der Waals surface area contributed by atoms with E-state index >= 15 is 0 Å². The fourth-order valence-electron chi connectivity index (χ4n) is 4.90. The van der Waals surface area contributed by atoms with Crippen molar-refractivity contribution in [1.82, 2.24) is 0 Å². The average Bonchev–Trinajstić information content (AvgIpc) is 3.12. The molecule has 3 aromatic rings. The molecule has 36 heavy (non-hydrogen) atoms. The lowest BCUT2D eigenvalue weighted by Gasteiger charge is -2.33. The molecule has 1 saturated carbocycles. The Morgan fingerprint density at radius 2 is 1.44 bits per heavy atom. The predicted octanol–water partition coefficient (Wildman–Crippen LogP) is 4.32. The summed E-state index contributed by atoms with van der Waals surface area (Å²) in [6, 6.07) is 25.2. The van der Waals surface area contributed by atoms with Gasteiger partial charge in [0.15, 0.2) is 11.6 Å². The van der Waals surface area contributed by atoms with Crippen molar-refractivity contribution in [2.24, 2.45) is 11.3 Å². The molecule has 2 N–H and O–H groups in total. The number of benzene rings is 3. The molecular formula is C30H26O6. The molecule has 0 aromatic heterocycles. The summed E-state index contributed by atoms with van der Waals surface area (Å²) in [5, 5.41) is 20.5. The largest absolute Gasteiger partial charge is 0.481 e. The van der Waals surface area contributed by atoms with Crippen molar-refractivity contribution in [3.63, 3.8) is 0 Å². The predicted molar refractivity (Wildman–Crippen MR) is 134 cm³/mol. The Labute approximate surface area is 208 Å². The number of Topliss-reactive ketones (excluding diaryl/α,β-unsaturated/α-hetero) is 2. The lowest BCUT2D eigenvalue weighted by molar-refractivity contribution is -0.141. The van der Waals surface area contributed by atoms with Gasteiger partial charge in [-0.3, -0.25) is 19.2 Å². The topological polar surface area (TPSA) is 109 Å². The van der Waals surface area contributed by atoms with Gasteiger partial charge in [-0.15, -0.1) is 0 Å². The van der Waals surface area contributed by atoms with Crippen LogP contribution in [0.1, 0.15) is 28.8 Å². The Morgan fingerprint density at radius 1 is 0.861 bits per heavy atom. The maximum atomic E-state index is 13.8. The third-order valence-electron chi connectivity index (χ3n) is 6.71. The maximum absolute atomic E-state index is 13.8. The molecule has 0 saturated heterocycles. The molecule has 1 aliphatic carbocycles. The molecule has 3 atom stereocenters. The fourth-order valence-corrected chi connectivity index (χ4v) is 4.90. The number of aliphatic hydroxyl groups is 1. The number of carboxylic acid groups (broad SMARTS) is 1. The van der Waals surface area contributed by atoms with E-state index < -0.39 is 41.4 Å². The van der Waals surface area contributed by atoms with Crippen molar-refractivity contribution in [3.8, 4) is 11.1 Å². The molecule has 0 unspecified atom stereocenters. The highest BCUT2D eigenvalue weighted by Gasteiger charge is 2.59. The van der Waals surface area contributed by atoms with Crippen molar-refractivity contribution >= 4 is 23.3 Å². The Hall–Kier alpha value is -4.16. The van der Waals surface area contributed by atoms with E-state index in [1.165, 1.54) is 12.2 Å². The van der Waals surface area contributed by atoms with Crippen LogP contribution in [0, 0.1) is 11.3 Å². The van der Waals surface area contributed by atoms with Crippen LogP contribution in [0.3, 0.4) is 0 Å². The second-order valence-corrected chi connectivity index (χ2v) is 9.04. The summed E-state index contributed by atoms with van der Waals surface area (Å²) < 4.78 is 0. The third kappa shape index (κ3) is 5.09. The van der Waals surface area contributed by atoms with Gasteiger partial charge in [0, 0.05) is 18.4 Å². The van der Waals surface area contributed by atoms with Crippen molar-refractivity contribution < 1.29 is 29.4 Å². The molecule has 0 spiro atoms. The van der Waals surface area contributed by atoms with Crippen LogP contribution in [0.15, 0.2) is 97.1 Å². The van der Waals surface area contributed by atoms with Gasteiger partial charge < -0.3 is 10.2 Å². The van der Waals surface area contributed by atoms with Crippen LogP contribution in [0.5, 0.6) is 0 Å². The molecule has 0 radical (unpaired) electrons. The van der Waals surface area contributed by atoms with Crippen molar-refractivity contribution in [3.05, 3.63) is 108 Å². The molecule has 3 aromatic carbocycles. The SMILES string of the molecule is O=C(O)C[C@@]1(C(=O)c2ccc(-c3ccccc3)cc2)[C@@H](O)CC(=O)[C@@H]1C=CC(=O)Cc1ccccc1. The zero-order valence-corrected chi connectivity index (χ0v) is 19.5. The minimum atomic E-state index is -1.90. The standard InChI is InChI=1S/C30H26O6/c31-24(17-20-7-3-1-4-8-20)15-16-25-26(32)18-27(33)30(25,19-28(34)35)29(36)23-13-11-22(12-14-23)21-9-5-2-6-10-21/h1-16,25,27,33H,17-19H2,(H,34,35)/t25-,27-,30-/m0/s1. The van der Waals surface area contributed by atoms with Crippen LogP contribution >= 0.6 is 0 Å². The maximum Gasteiger partial charge on any atom is 0.304 e. The average molecular weight is 483 g/mol. The molecule has 0 amide bonds. The van der Waals surface area contributed by atoms with Gasteiger partial charge in [0.25, 0.3) is 0 Å². The number of carbonyl (C=O) groups excluding carboxylic acids is 3. The van der Waals surface area contributed by atoms with E-state index in [0.29, 0.717) is 0 Å². The normalized spacial score (nSPS) is 21.5. The summed E-state index contributed by atoms with van der Waals surface area (Å²) in [7, 11) is 0. The number of aliphatic hydroxyl groups excluding tert-OH is 1. The number of rotatable bonds is 9. The first kappa shape index (κ1) is 24.9. The fraction of sp³-hybridized carbons (Fsp3) is 0.200. The number of aliphatic carboxylic acids is 1. The second-order valence-electron chi connectivity index (χ2n) is 9.04. The number of hydrogen-bond acceptors (Lipinski definition) is 5. The summed E-state index contributed by atoms with van der Waals surface area (Å²) in [4.78, 5) is 51.0. The van der Waals surface area contributed by atoms with Crippen LogP contribution in [0.25, 0.3) is 11.1 Å². The van der Waals surface area contributed by atoms with Crippen LogP contribution in [-0.4, -0.2) is 39.6 Å². The summed E-state index contributed by atoms with van der Waals surface area (Å²) in [5.41, 5.74) is 0.895. The monoisotopic (exact) mass is 482 g/mol. The molecule has 182 valence electrons. The lowest BCUT2D eigenvalue weighted by Crippen LogP contribution is -2.45. The molecule has 1 fully saturated rings. The van der Waals surface area contributed by atoms with Gasteiger partial charge in [-0.05, 0) is 22.8 Å². The van der Waals surface area contributed by atoms with Crippen molar-refractivity contribution in [2.45, 2.75) is 25.4 Å². The first-order chi connectivity index (χ1) is 17.3. The molecule has 6 nitrogen and oxygen atoms in total. The number of allylic oxidation sites excluding steroid dienone is 2. The Balaban J connectivity index is 1.65. The Morgan fingerprint density at radius 3 is 2.06 bits per heavy atom. The summed E-state index contributed by atoms with van der Waals surface area (Å²) >= 11 is 0. The van der Waals surface area contributed by atoms with Crippen LogP contribution in [0.4, 0.5) is 0 Å². The van der Waals surface area contributed by atoms with Gasteiger partial charge >= 0.3 is 5.97 Å². The minimum absolute atomic E-state index is 0.0988. The quantitative estimate of drug-likeness (QED) is 0.347. The van der Waals surface area contributed by atoms with E-state index in [9.17, 15) is 29.4 Å². The van der Waals surface area contributed by atoms with E-state index in [2.05, 4.69) is 0 Å². The molecule has 0 heterocycles. The second kappa shape index (κ2) is 10.6. The van der Waals surface area contributed by atoms with E-state index in [0.717, 1.165) is 16.7 Å².